The van der Waals surface area contributed by atoms with E-state index in [4.69, 9.17) is 4.74 Å². The molecule has 0 spiro atoms. The Hall–Kier alpha value is -2.51. The summed E-state index contributed by atoms with van der Waals surface area (Å²) in [5.41, 5.74) is 1.23. The summed E-state index contributed by atoms with van der Waals surface area (Å²) in [5, 5.41) is 10.8. The maximum Gasteiger partial charge on any atom is 0.276 e. The van der Waals surface area contributed by atoms with Gasteiger partial charge in [0.1, 0.15) is 0 Å². The van der Waals surface area contributed by atoms with Crippen LogP contribution in [0.5, 0.6) is 0 Å². The average Bonchev–Trinajstić information content (AvgIpc) is 3.42. The highest BCUT2D eigenvalue weighted by molar-refractivity contribution is 7.09. The molecule has 1 fully saturated rings. The molecule has 1 aliphatic rings. The van der Waals surface area contributed by atoms with Crippen LogP contribution in [0.3, 0.4) is 0 Å². The smallest absolute Gasteiger partial charge is 0.276 e. The monoisotopic (exact) mass is 382 g/mol. The molecule has 1 aliphatic heterocycles. The minimum atomic E-state index is -0.0550. The van der Waals surface area contributed by atoms with Gasteiger partial charge >= 0.3 is 0 Å². The van der Waals surface area contributed by atoms with Crippen LogP contribution in [0.15, 0.2) is 54.0 Å². The van der Waals surface area contributed by atoms with Crippen LogP contribution in [-0.4, -0.2) is 51.6 Å². The summed E-state index contributed by atoms with van der Waals surface area (Å²) in [6, 6.07) is 14.0. The molecule has 0 atom stereocenters. The molecule has 27 heavy (non-hydrogen) atoms. The van der Waals surface area contributed by atoms with Gasteiger partial charge in [-0.05, 0) is 42.8 Å². The van der Waals surface area contributed by atoms with Crippen molar-refractivity contribution in [3.63, 3.8) is 0 Å². The number of hydrogen-bond donors (Lipinski definition) is 0. The van der Waals surface area contributed by atoms with Crippen LogP contribution in [0.1, 0.15) is 28.2 Å². The van der Waals surface area contributed by atoms with Crippen molar-refractivity contribution in [2.75, 3.05) is 19.8 Å². The Morgan fingerprint density at radius 1 is 1.19 bits per heavy atom. The quantitative estimate of drug-likeness (QED) is 0.657. The summed E-state index contributed by atoms with van der Waals surface area (Å²) in [6.45, 7) is 2.08. The number of thiophene rings is 1. The topological polar surface area (TPSA) is 60.2 Å². The second kappa shape index (κ2) is 8.45. The molecule has 3 aromatic rings. The van der Waals surface area contributed by atoms with Crippen LogP contribution >= 0.6 is 11.3 Å². The lowest BCUT2D eigenvalue weighted by molar-refractivity contribution is 0.0290. The summed E-state index contributed by atoms with van der Waals surface area (Å²) in [5.74, 6) is -0.0550. The molecule has 1 amide bonds. The fraction of sp³-hybridized carbons (Fsp3) is 0.350. The van der Waals surface area contributed by atoms with E-state index in [9.17, 15) is 4.79 Å². The number of amides is 1. The molecule has 0 saturated carbocycles. The zero-order chi connectivity index (χ0) is 18.5. The van der Waals surface area contributed by atoms with E-state index in [1.807, 2.05) is 41.3 Å². The second-order valence-corrected chi connectivity index (χ2v) is 7.56. The molecule has 0 N–H and O–H groups in total. The summed E-state index contributed by atoms with van der Waals surface area (Å²) in [6.07, 6.45) is 4.15. The number of carbonyl (C=O) groups is 1. The van der Waals surface area contributed by atoms with Gasteiger partial charge in [0.2, 0.25) is 0 Å². The van der Waals surface area contributed by atoms with Gasteiger partial charge in [-0.15, -0.1) is 16.4 Å². The Labute approximate surface area is 162 Å². The van der Waals surface area contributed by atoms with Crippen LogP contribution in [0.2, 0.25) is 0 Å². The summed E-state index contributed by atoms with van der Waals surface area (Å²) in [7, 11) is 0. The predicted octanol–water partition coefficient (Wildman–Crippen LogP) is 3.19. The summed E-state index contributed by atoms with van der Waals surface area (Å²) in [4.78, 5) is 18.0. The van der Waals surface area contributed by atoms with E-state index in [-0.39, 0.29) is 11.9 Å². The maximum atomic E-state index is 13.2. The molecule has 4 rings (SSSR count). The van der Waals surface area contributed by atoms with E-state index >= 15 is 0 Å². The third kappa shape index (κ3) is 4.26. The molecule has 1 aromatic carbocycles. The lowest BCUT2D eigenvalue weighted by Gasteiger charge is -2.33. The third-order valence-electron chi connectivity index (χ3n) is 4.77. The zero-order valence-corrected chi connectivity index (χ0v) is 15.8. The van der Waals surface area contributed by atoms with E-state index in [1.165, 1.54) is 9.67 Å². The number of nitrogens with zero attached hydrogens (tertiary/aromatic N) is 4. The molecule has 3 heterocycles. The van der Waals surface area contributed by atoms with Crippen molar-refractivity contribution in [3.8, 4) is 5.69 Å². The van der Waals surface area contributed by atoms with E-state index < -0.39 is 0 Å². The number of hydrogen-bond acceptors (Lipinski definition) is 5. The standard InChI is InChI=1S/C20H22N4O2S/c25-20(19-15-21-24(22-19)17-5-2-1-3-6-17)23(16-9-12-26-13-10-16)11-8-18-7-4-14-27-18/h1-7,14-16H,8-13H2. The maximum absolute atomic E-state index is 13.2. The van der Waals surface area contributed by atoms with Crippen molar-refractivity contribution in [3.05, 3.63) is 64.6 Å². The van der Waals surface area contributed by atoms with E-state index in [0.717, 1.165) is 24.9 Å². The normalized spacial score (nSPS) is 15.0. The van der Waals surface area contributed by atoms with Crippen molar-refractivity contribution in [2.24, 2.45) is 0 Å². The number of carbonyl (C=O) groups excluding carboxylic acids is 1. The van der Waals surface area contributed by atoms with Crippen molar-refractivity contribution in [2.45, 2.75) is 25.3 Å². The number of rotatable bonds is 6. The van der Waals surface area contributed by atoms with E-state index in [2.05, 4.69) is 21.6 Å². The third-order valence-corrected chi connectivity index (χ3v) is 5.71. The highest BCUT2D eigenvalue weighted by Crippen LogP contribution is 2.19. The number of ether oxygens (including phenoxy) is 1. The van der Waals surface area contributed by atoms with Crippen molar-refractivity contribution >= 4 is 17.2 Å². The first kappa shape index (κ1) is 17.9. The van der Waals surface area contributed by atoms with Gasteiger partial charge in [0.05, 0.1) is 11.9 Å². The lowest BCUT2D eigenvalue weighted by atomic mass is 10.1. The number of benzene rings is 1. The first-order valence-electron chi connectivity index (χ1n) is 9.20. The SMILES string of the molecule is O=C(c1cnn(-c2ccccc2)n1)N(CCc1cccs1)C1CCOCC1. The fourth-order valence-electron chi connectivity index (χ4n) is 3.33. The second-order valence-electron chi connectivity index (χ2n) is 6.53. The van der Waals surface area contributed by atoms with E-state index in [1.54, 1.807) is 17.5 Å². The van der Waals surface area contributed by atoms with Gasteiger partial charge in [0, 0.05) is 30.7 Å². The molecule has 1 saturated heterocycles. The van der Waals surface area contributed by atoms with Crippen LogP contribution in [-0.2, 0) is 11.2 Å². The van der Waals surface area contributed by atoms with Gasteiger partial charge in [-0.25, -0.2) is 0 Å². The van der Waals surface area contributed by atoms with Gasteiger partial charge in [-0.1, -0.05) is 24.3 Å². The fourth-order valence-corrected chi connectivity index (χ4v) is 4.02. The minimum Gasteiger partial charge on any atom is -0.381 e. The Bertz CT molecular complexity index is 857. The Kier molecular flexibility index (Phi) is 5.60. The van der Waals surface area contributed by atoms with Crippen LogP contribution < -0.4 is 0 Å². The molecule has 140 valence electrons. The Balaban J connectivity index is 1.53. The predicted molar refractivity (Wildman–Crippen MR) is 104 cm³/mol. The minimum absolute atomic E-state index is 0.0550. The number of para-hydroxylation sites is 1. The van der Waals surface area contributed by atoms with Crippen LogP contribution in [0.25, 0.3) is 5.69 Å². The molecule has 6 nitrogen and oxygen atoms in total. The zero-order valence-electron chi connectivity index (χ0n) is 15.0. The van der Waals surface area contributed by atoms with Crippen molar-refractivity contribution in [1.29, 1.82) is 0 Å². The molecule has 2 aromatic heterocycles. The Morgan fingerprint density at radius 3 is 2.74 bits per heavy atom. The van der Waals surface area contributed by atoms with Crippen molar-refractivity contribution < 1.29 is 9.53 Å². The molecule has 0 radical (unpaired) electrons. The van der Waals surface area contributed by atoms with E-state index in [0.29, 0.717) is 25.5 Å². The lowest BCUT2D eigenvalue weighted by Crippen LogP contribution is -2.44. The number of aromatic nitrogens is 3. The van der Waals surface area contributed by atoms with Gasteiger partial charge in [0.15, 0.2) is 5.69 Å². The van der Waals surface area contributed by atoms with Crippen LogP contribution in [0, 0.1) is 0 Å². The van der Waals surface area contributed by atoms with Gasteiger partial charge < -0.3 is 9.64 Å². The molecular formula is C20H22N4O2S. The first-order valence-corrected chi connectivity index (χ1v) is 10.1. The molecule has 0 bridgehead atoms. The van der Waals surface area contributed by atoms with Crippen LogP contribution in [0.4, 0.5) is 0 Å². The van der Waals surface area contributed by atoms with Gasteiger partial charge in [0.25, 0.3) is 5.91 Å². The largest absolute Gasteiger partial charge is 0.381 e. The highest BCUT2D eigenvalue weighted by Gasteiger charge is 2.28. The van der Waals surface area contributed by atoms with Crippen molar-refractivity contribution in [1.82, 2.24) is 19.9 Å². The highest BCUT2D eigenvalue weighted by atomic mass is 32.1. The first-order chi connectivity index (χ1) is 13.3. The molecule has 7 heteroatoms. The van der Waals surface area contributed by atoms with Gasteiger partial charge in [-0.3, -0.25) is 4.79 Å². The average molecular weight is 382 g/mol. The summed E-state index contributed by atoms with van der Waals surface area (Å²) < 4.78 is 5.48. The molecule has 0 aliphatic carbocycles. The summed E-state index contributed by atoms with van der Waals surface area (Å²) >= 11 is 1.73. The Morgan fingerprint density at radius 2 is 2.00 bits per heavy atom. The molecular weight excluding hydrogens is 360 g/mol. The van der Waals surface area contributed by atoms with Gasteiger partial charge in [-0.2, -0.15) is 9.90 Å². The molecule has 0 unspecified atom stereocenters.